The molecule has 0 radical (unpaired) electrons. The third-order valence-corrected chi connectivity index (χ3v) is 2.02. The first-order valence-corrected chi connectivity index (χ1v) is 4.03. The molecule has 1 aromatic heterocycles. The second-order valence-electron chi connectivity index (χ2n) is 2.98. The van der Waals surface area contributed by atoms with Crippen LogP contribution in [0.25, 0.3) is 0 Å². The number of carbonyl (C=O) groups is 2. The number of amides is 1. The highest BCUT2D eigenvalue weighted by atomic mass is 16.2. The fourth-order valence-corrected chi connectivity index (χ4v) is 1.34. The van der Waals surface area contributed by atoms with Crippen molar-refractivity contribution in [1.29, 1.82) is 0 Å². The number of Topliss-reactive ketones (excluding diaryl/α,β-unsaturated/α-hetero) is 1. The van der Waals surface area contributed by atoms with E-state index in [1.165, 1.54) is 4.90 Å². The van der Waals surface area contributed by atoms with Crippen molar-refractivity contribution in [3.63, 3.8) is 0 Å². The van der Waals surface area contributed by atoms with E-state index in [1.807, 2.05) is 0 Å². The van der Waals surface area contributed by atoms with E-state index in [2.05, 4.69) is 5.10 Å². The monoisotopic (exact) mass is 179 g/mol. The molecule has 1 fully saturated rings. The maximum atomic E-state index is 11.2. The van der Waals surface area contributed by atoms with E-state index >= 15 is 0 Å². The van der Waals surface area contributed by atoms with Crippen LogP contribution in [0.5, 0.6) is 0 Å². The minimum atomic E-state index is -0.446. The Hall–Kier alpha value is -1.65. The lowest BCUT2D eigenvalue weighted by Crippen LogP contribution is -2.27. The molecule has 1 saturated heterocycles. The molecule has 0 aromatic carbocycles. The molecule has 0 N–H and O–H groups in total. The highest BCUT2D eigenvalue weighted by Crippen LogP contribution is 2.16. The molecule has 5 nitrogen and oxygen atoms in total. The molecule has 1 aromatic rings. The normalized spacial score (nSPS) is 17.2. The van der Waals surface area contributed by atoms with Gasteiger partial charge in [0.1, 0.15) is 0 Å². The van der Waals surface area contributed by atoms with Gasteiger partial charge in [-0.15, -0.1) is 0 Å². The molecule has 0 spiro atoms. The van der Waals surface area contributed by atoms with E-state index in [9.17, 15) is 9.59 Å². The maximum absolute atomic E-state index is 11.2. The lowest BCUT2D eigenvalue weighted by molar-refractivity contribution is -0.133. The van der Waals surface area contributed by atoms with Crippen molar-refractivity contribution in [2.75, 3.05) is 11.4 Å². The van der Waals surface area contributed by atoms with Crippen molar-refractivity contribution < 1.29 is 9.59 Å². The van der Waals surface area contributed by atoms with Crippen LogP contribution in [0.3, 0.4) is 0 Å². The Morgan fingerprint density at radius 2 is 2.23 bits per heavy atom. The Kier molecular flexibility index (Phi) is 1.65. The van der Waals surface area contributed by atoms with Crippen LogP contribution in [0.1, 0.15) is 6.42 Å². The Morgan fingerprint density at radius 3 is 2.69 bits per heavy atom. The molecule has 13 heavy (non-hydrogen) atoms. The van der Waals surface area contributed by atoms with Crippen LogP contribution in [-0.4, -0.2) is 28.0 Å². The largest absolute Gasteiger partial charge is 0.295 e. The lowest BCUT2D eigenvalue weighted by Gasteiger charge is -2.09. The minimum absolute atomic E-state index is 0.301. The van der Waals surface area contributed by atoms with Gasteiger partial charge in [-0.1, -0.05) is 0 Å². The smallest absolute Gasteiger partial charge is 0.289 e. The van der Waals surface area contributed by atoms with Gasteiger partial charge in [0.05, 0.1) is 0 Å². The van der Waals surface area contributed by atoms with Gasteiger partial charge in [-0.2, -0.15) is 5.10 Å². The summed E-state index contributed by atoms with van der Waals surface area (Å²) in [5.74, 6) is -0.220. The first-order chi connectivity index (χ1) is 6.18. The third-order valence-electron chi connectivity index (χ3n) is 2.02. The van der Waals surface area contributed by atoms with E-state index in [0.717, 1.165) is 0 Å². The third kappa shape index (κ3) is 1.22. The number of ketones is 1. The molecular weight excluding hydrogens is 170 g/mol. The van der Waals surface area contributed by atoms with Crippen LogP contribution in [-0.2, 0) is 16.6 Å². The van der Waals surface area contributed by atoms with Gasteiger partial charge in [-0.3, -0.25) is 19.2 Å². The predicted molar refractivity (Wildman–Crippen MR) is 45.2 cm³/mol. The van der Waals surface area contributed by atoms with E-state index in [0.29, 0.717) is 18.8 Å². The second kappa shape index (κ2) is 2.69. The molecule has 0 saturated carbocycles. The summed E-state index contributed by atoms with van der Waals surface area (Å²) < 4.78 is 1.60. The zero-order chi connectivity index (χ0) is 9.42. The van der Waals surface area contributed by atoms with Gasteiger partial charge in [0.2, 0.25) is 5.78 Å². The van der Waals surface area contributed by atoms with Crippen molar-refractivity contribution in [2.45, 2.75) is 6.42 Å². The molecule has 0 aliphatic carbocycles. The summed E-state index contributed by atoms with van der Waals surface area (Å²) in [6.45, 7) is 0.453. The van der Waals surface area contributed by atoms with Crippen molar-refractivity contribution >= 4 is 17.5 Å². The van der Waals surface area contributed by atoms with Gasteiger partial charge in [0.25, 0.3) is 5.91 Å². The Labute approximate surface area is 74.9 Å². The highest BCUT2D eigenvalue weighted by molar-refractivity contribution is 6.43. The minimum Gasteiger partial charge on any atom is -0.289 e. The van der Waals surface area contributed by atoms with Crippen LogP contribution in [0.15, 0.2) is 12.3 Å². The summed E-state index contributed by atoms with van der Waals surface area (Å²) in [5, 5.41) is 4.05. The molecule has 1 amide bonds. The van der Waals surface area contributed by atoms with Gasteiger partial charge < -0.3 is 0 Å². The predicted octanol–water partition coefficient (Wildman–Crippen LogP) is -0.274. The van der Waals surface area contributed by atoms with E-state index in [4.69, 9.17) is 0 Å². The fraction of sp³-hybridized carbons (Fsp3) is 0.375. The van der Waals surface area contributed by atoms with Gasteiger partial charge in [-0.25, -0.2) is 0 Å². The summed E-state index contributed by atoms with van der Waals surface area (Å²) in [6, 6.07) is 1.72. The number of rotatable bonds is 1. The highest BCUT2D eigenvalue weighted by Gasteiger charge is 2.31. The summed E-state index contributed by atoms with van der Waals surface area (Å²) in [6.07, 6.45) is 2.04. The molecule has 68 valence electrons. The number of hydrogen-bond donors (Lipinski definition) is 0. The molecule has 0 bridgehead atoms. The molecule has 2 heterocycles. The molecule has 1 aliphatic rings. The molecule has 5 heteroatoms. The quantitative estimate of drug-likeness (QED) is 0.557. The zero-order valence-electron chi connectivity index (χ0n) is 7.23. The number of anilines is 1. The maximum Gasteiger partial charge on any atom is 0.295 e. The van der Waals surface area contributed by atoms with Crippen LogP contribution in [0.2, 0.25) is 0 Å². The standard InChI is InChI=1S/C8H9N3O2/c1-10-4-3-7(9-10)11-5-2-6(12)8(11)13/h3-4H,2,5H2,1H3. The summed E-state index contributed by atoms with van der Waals surface area (Å²) >= 11 is 0. The lowest BCUT2D eigenvalue weighted by atomic mass is 10.3. The SMILES string of the molecule is Cn1ccc(N2CCC(=O)C2=O)n1. The van der Waals surface area contributed by atoms with Crippen molar-refractivity contribution in [3.8, 4) is 0 Å². The Morgan fingerprint density at radius 1 is 1.46 bits per heavy atom. The summed E-state index contributed by atoms with van der Waals surface area (Å²) in [7, 11) is 1.77. The number of aryl methyl sites for hydroxylation is 1. The molecule has 0 unspecified atom stereocenters. The average molecular weight is 179 g/mol. The van der Waals surface area contributed by atoms with E-state index in [-0.39, 0.29) is 5.78 Å². The topological polar surface area (TPSA) is 55.2 Å². The van der Waals surface area contributed by atoms with Gasteiger partial charge in [0.15, 0.2) is 5.82 Å². The molecular formula is C8H9N3O2. The van der Waals surface area contributed by atoms with E-state index < -0.39 is 5.91 Å². The van der Waals surface area contributed by atoms with Crippen LogP contribution in [0.4, 0.5) is 5.82 Å². The van der Waals surface area contributed by atoms with Crippen LogP contribution in [0, 0.1) is 0 Å². The Bertz CT molecular complexity index is 369. The average Bonchev–Trinajstić information content (AvgIpc) is 2.62. The second-order valence-corrected chi connectivity index (χ2v) is 2.98. The van der Waals surface area contributed by atoms with Crippen LogP contribution < -0.4 is 4.90 Å². The van der Waals surface area contributed by atoms with E-state index in [1.54, 1.807) is 24.0 Å². The molecule has 2 rings (SSSR count). The van der Waals surface area contributed by atoms with Crippen molar-refractivity contribution in [3.05, 3.63) is 12.3 Å². The van der Waals surface area contributed by atoms with Gasteiger partial charge in [-0.05, 0) is 0 Å². The zero-order valence-corrected chi connectivity index (χ0v) is 7.23. The first-order valence-electron chi connectivity index (χ1n) is 4.03. The Balaban J connectivity index is 2.28. The number of carbonyl (C=O) groups excluding carboxylic acids is 2. The van der Waals surface area contributed by atoms with Gasteiger partial charge in [0, 0.05) is 32.3 Å². The van der Waals surface area contributed by atoms with Crippen LogP contribution >= 0.6 is 0 Å². The number of hydrogen-bond acceptors (Lipinski definition) is 3. The van der Waals surface area contributed by atoms with Crippen molar-refractivity contribution in [1.82, 2.24) is 9.78 Å². The summed E-state index contributed by atoms with van der Waals surface area (Å²) in [4.78, 5) is 23.6. The van der Waals surface area contributed by atoms with Gasteiger partial charge >= 0.3 is 0 Å². The molecule has 0 atom stereocenters. The first kappa shape index (κ1) is 7.97. The fourth-order valence-electron chi connectivity index (χ4n) is 1.34. The van der Waals surface area contributed by atoms with Crippen molar-refractivity contribution in [2.24, 2.45) is 7.05 Å². The molecule has 1 aliphatic heterocycles. The number of nitrogens with zero attached hydrogens (tertiary/aromatic N) is 3. The number of aromatic nitrogens is 2. The summed E-state index contributed by atoms with van der Waals surface area (Å²) in [5.41, 5.74) is 0.